The van der Waals surface area contributed by atoms with E-state index in [4.69, 9.17) is 0 Å². The van der Waals surface area contributed by atoms with Gasteiger partial charge in [-0.1, -0.05) is 86.3 Å². The molecule has 176 valence electrons. The van der Waals surface area contributed by atoms with Gasteiger partial charge in [0.15, 0.2) is 0 Å². The van der Waals surface area contributed by atoms with E-state index in [1.165, 1.54) is 70.6 Å². The highest BCUT2D eigenvalue weighted by molar-refractivity contribution is 6.16. The smallest absolute Gasteiger partial charge is 0.0837 e. The molecule has 0 aromatic carbocycles. The first-order chi connectivity index (χ1) is 14.3. The van der Waals surface area contributed by atoms with Crippen molar-refractivity contribution < 1.29 is 0 Å². The van der Waals surface area contributed by atoms with Crippen LogP contribution in [0.25, 0.3) is 0 Å². The molecule has 3 fully saturated rings. The van der Waals surface area contributed by atoms with E-state index in [-0.39, 0.29) is 0 Å². The Morgan fingerprint density at radius 1 is 1.06 bits per heavy atom. The second-order valence-electron chi connectivity index (χ2n) is 14.8. The van der Waals surface area contributed by atoms with Gasteiger partial charge in [0.1, 0.15) is 7.85 Å². The normalized spacial score (nSPS) is 47.5. The van der Waals surface area contributed by atoms with Gasteiger partial charge >= 0.3 is 0 Å². The summed E-state index contributed by atoms with van der Waals surface area (Å²) in [6, 6.07) is 0. The lowest BCUT2D eigenvalue weighted by Crippen LogP contribution is -2.55. The lowest BCUT2D eigenvalue weighted by Gasteiger charge is -2.66. The molecule has 0 N–H and O–H groups in total. The Balaban J connectivity index is 1.55. The van der Waals surface area contributed by atoms with Crippen molar-refractivity contribution in [1.29, 1.82) is 0 Å². The van der Waals surface area contributed by atoms with E-state index in [1.54, 1.807) is 0 Å². The molecule has 0 amide bonds. The van der Waals surface area contributed by atoms with Crippen molar-refractivity contribution in [3.63, 3.8) is 0 Å². The van der Waals surface area contributed by atoms with Crippen LogP contribution in [0.3, 0.4) is 0 Å². The van der Waals surface area contributed by atoms with E-state index in [2.05, 4.69) is 69.3 Å². The average Bonchev–Trinajstić information content (AvgIpc) is 3.01. The van der Waals surface area contributed by atoms with Gasteiger partial charge in [-0.3, -0.25) is 0 Å². The lowest BCUT2D eigenvalue weighted by molar-refractivity contribution is -0.0237. The molecule has 7 unspecified atom stereocenters. The zero-order valence-electron chi connectivity index (χ0n) is 22.7. The minimum atomic E-state index is 0.452. The maximum absolute atomic E-state index is 2.83. The van der Waals surface area contributed by atoms with Crippen molar-refractivity contribution in [1.82, 2.24) is 0 Å². The highest BCUT2D eigenvalue weighted by Gasteiger charge is 2.64. The molecule has 3 saturated carbocycles. The van der Waals surface area contributed by atoms with Crippen LogP contribution in [0.4, 0.5) is 0 Å². The molecular formula is C30H53B. The van der Waals surface area contributed by atoms with Crippen molar-refractivity contribution in [2.24, 2.45) is 45.3 Å². The maximum Gasteiger partial charge on any atom is 0.110 e. The molecule has 4 aliphatic carbocycles. The summed E-state index contributed by atoms with van der Waals surface area (Å²) in [5, 5.41) is 0.532. The summed E-state index contributed by atoms with van der Waals surface area (Å²) in [7, 11) is 2.66. The number of hydrogen-bond donors (Lipinski definition) is 0. The van der Waals surface area contributed by atoms with E-state index in [9.17, 15) is 0 Å². The lowest BCUT2D eigenvalue weighted by atomic mass is 9.34. The second kappa shape index (κ2) is 7.66. The highest BCUT2D eigenvalue weighted by Crippen LogP contribution is 2.75. The van der Waals surface area contributed by atoms with Gasteiger partial charge in [0, 0.05) is 0 Å². The Morgan fingerprint density at radius 2 is 1.77 bits per heavy atom. The van der Waals surface area contributed by atoms with E-state index in [0.717, 1.165) is 23.7 Å². The van der Waals surface area contributed by atoms with Crippen LogP contribution in [-0.4, -0.2) is 7.85 Å². The molecule has 0 aromatic heterocycles. The van der Waals surface area contributed by atoms with Gasteiger partial charge in [-0.25, -0.2) is 0 Å². The predicted molar refractivity (Wildman–Crippen MR) is 139 cm³/mol. The van der Waals surface area contributed by atoms with Gasteiger partial charge in [0.2, 0.25) is 0 Å². The molecule has 0 radical (unpaired) electrons. The molecule has 0 nitrogen and oxygen atoms in total. The van der Waals surface area contributed by atoms with Gasteiger partial charge in [-0.05, 0) is 102 Å². The second-order valence-corrected chi connectivity index (χ2v) is 14.8. The third-order valence-electron chi connectivity index (χ3n) is 12.7. The Labute approximate surface area is 196 Å². The topological polar surface area (TPSA) is 0 Å². The Hall–Kier alpha value is -0.195. The Morgan fingerprint density at radius 3 is 2.45 bits per heavy atom. The number of fused-ring (bicyclic) bond motifs is 5. The molecule has 4 aliphatic rings. The summed E-state index contributed by atoms with van der Waals surface area (Å²) in [5.74, 6) is 3.57. The monoisotopic (exact) mass is 424 g/mol. The van der Waals surface area contributed by atoms with Crippen molar-refractivity contribution in [3.05, 3.63) is 11.6 Å². The molecule has 1 heteroatoms. The molecule has 0 bridgehead atoms. The first-order valence-corrected chi connectivity index (χ1v) is 14.0. The largest absolute Gasteiger partial charge is 0.110 e. The van der Waals surface area contributed by atoms with Crippen molar-refractivity contribution in [2.45, 2.75) is 131 Å². The minimum absolute atomic E-state index is 0.452. The summed E-state index contributed by atoms with van der Waals surface area (Å²) in [4.78, 5) is 0. The fourth-order valence-electron chi connectivity index (χ4n) is 9.45. The van der Waals surface area contributed by atoms with Crippen molar-refractivity contribution in [3.8, 4) is 0 Å². The summed E-state index contributed by atoms with van der Waals surface area (Å²) < 4.78 is 0. The third-order valence-corrected chi connectivity index (χ3v) is 12.7. The Kier molecular flexibility index (Phi) is 5.92. The van der Waals surface area contributed by atoms with Gasteiger partial charge in [-0.2, -0.15) is 0 Å². The first-order valence-electron chi connectivity index (χ1n) is 14.0. The van der Waals surface area contributed by atoms with Gasteiger partial charge in [0.05, 0.1) is 0 Å². The molecule has 0 saturated heterocycles. The fraction of sp³-hybridized carbons (Fsp3) is 0.933. The quantitative estimate of drug-likeness (QED) is 0.306. The number of rotatable bonds is 5. The van der Waals surface area contributed by atoms with Crippen molar-refractivity contribution >= 4 is 7.85 Å². The standard InChI is InChI=1S/C30H53B/c1-21(2)26(4,5)15-9-10-23-11-12-24-27(23,6)16-14-25-28(24,7)18-19-30(31)20-22(3)13-17-29(25,30)8/h14,21-24H,9-13,15-20,31H2,1-8H3. The van der Waals surface area contributed by atoms with Gasteiger partial charge in [0.25, 0.3) is 0 Å². The van der Waals surface area contributed by atoms with Crippen LogP contribution in [0.1, 0.15) is 126 Å². The number of hydrogen-bond acceptors (Lipinski definition) is 0. The summed E-state index contributed by atoms with van der Waals surface area (Å²) in [6.45, 7) is 20.4. The van der Waals surface area contributed by atoms with Crippen LogP contribution in [0.2, 0.25) is 5.31 Å². The molecule has 4 rings (SSSR count). The molecule has 0 spiro atoms. The third kappa shape index (κ3) is 3.53. The molecule has 0 aliphatic heterocycles. The minimum Gasteiger partial charge on any atom is -0.0837 e. The zero-order chi connectivity index (χ0) is 22.9. The van der Waals surface area contributed by atoms with Crippen LogP contribution < -0.4 is 0 Å². The molecule has 7 atom stereocenters. The molecular weight excluding hydrogens is 371 g/mol. The average molecular weight is 425 g/mol. The van der Waals surface area contributed by atoms with Crippen LogP contribution in [0, 0.1) is 45.3 Å². The van der Waals surface area contributed by atoms with Crippen LogP contribution in [0.15, 0.2) is 11.6 Å². The molecule has 31 heavy (non-hydrogen) atoms. The summed E-state index contributed by atoms with van der Waals surface area (Å²) in [6.07, 6.45) is 18.7. The number of allylic oxidation sites excluding steroid dienone is 2. The van der Waals surface area contributed by atoms with E-state index in [1.807, 2.05) is 5.57 Å². The Bertz CT molecular complexity index is 718. The fourth-order valence-corrected chi connectivity index (χ4v) is 9.45. The first kappa shape index (κ1) is 23.9. The van der Waals surface area contributed by atoms with E-state index < -0.39 is 0 Å². The highest BCUT2D eigenvalue weighted by atomic mass is 14.7. The van der Waals surface area contributed by atoms with Crippen LogP contribution in [-0.2, 0) is 0 Å². The van der Waals surface area contributed by atoms with Crippen LogP contribution in [0.5, 0.6) is 0 Å². The van der Waals surface area contributed by atoms with Crippen LogP contribution >= 0.6 is 0 Å². The van der Waals surface area contributed by atoms with E-state index in [0.29, 0.717) is 27.0 Å². The van der Waals surface area contributed by atoms with E-state index >= 15 is 0 Å². The zero-order valence-corrected chi connectivity index (χ0v) is 22.7. The van der Waals surface area contributed by atoms with Crippen molar-refractivity contribution in [2.75, 3.05) is 0 Å². The van der Waals surface area contributed by atoms with Gasteiger partial charge < -0.3 is 0 Å². The molecule has 0 aromatic rings. The molecule has 0 heterocycles. The SMILES string of the molecule is BC12CCC3(C)C(=CCC4(C)C(CCCC(C)(C)C(C)C)CCC34)C1(C)CCC(C)C2. The van der Waals surface area contributed by atoms with Gasteiger partial charge in [-0.15, -0.1) is 0 Å². The maximum atomic E-state index is 2.83. The summed E-state index contributed by atoms with van der Waals surface area (Å²) in [5.41, 5.74) is 3.88. The predicted octanol–water partition coefficient (Wildman–Crippen LogP) is 8.62. The summed E-state index contributed by atoms with van der Waals surface area (Å²) >= 11 is 0.